The lowest BCUT2D eigenvalue weighted by Gasteiger charge is -2.32. The second-order valence-corrected chi connectivity index (χ2v) is 12.3. The maximum absolute atomic E-state index is 13.1. The normalized spacial score (nSPS) is 36.7. The SMILES string of the molecule is CO[C@@H](C)[C@H](C)[C@H](O)[C@H](C)[C@H](O)CC[C@H](C)[C@@H]1C/C=C\C=C/C[C@@H](O)[C@H]2O[C@@H]2[C@H](O)[C@H](C)/C=C(C)\C=C(\C)C(=O)O1. The Bertz CT molecular complexity index is 940. The van der Waals surface area contributed by atoms with Crippen LogP contribution in [0.1, 0.15) is 74.1 Å². The van der Waals surface area contributed by atoms with Crippen LogP contribution in [0.15, 0.2) is 47.6 Å². The van der Waals surface area contributed by atoms with Crippen LogP contribution in [0.3, 0.4) is 0 Å². The Morgan fingerprint density at radius 2 is 1.61 bits per heavy atom. The van der Waals surface area contributed by atoms with E-state index in [0.29, 0.717) is 31.3 Å². The number of ether oxygens (including phenoxy) is 3. The van der Waals surface area contributed by atoms with Gasteiger partial charge in [-0.25, -0.2) is 4.79 Å². The van der Waals surface area contributed by atoms with E-state index in [1.807, 2.05) is 71.9 Å². The molecular formula is C33H54O8. The van der Waals surface area contributed by atoms with Crippen molar-refractivity contribution in [1.29, 1.82) is 0 Å². The zero-order chi connectivity index (χ0) is 30.9. The van der Waals surface area contributed by atoms with Crippen molar-refractivity contribution in [3.8, 4) is 0 Å². The summed E-state index contributed by atoms with van der Waals surface area (Å²) in [7, 11) is 1.61. The molecule has 0 spiro atoms. The molecule has 0 aliphatic carbocycles. The second kappa shape index (κ2) is 16.7. The first kappa shape index (κ1) is 35.4. The molecule has 234 valence electrons. The number of carbonyl (C=O) groups is 1. The number of carbonyl (C=O) groups excluding carboxylic acids is 1. The van der Waals surface area contributed by atoms with Crippen LogP contribution in [0.25, 0.3) is 0 Å². The minimum absolute atomic E-state index is 0.0436. The molecule has 41 heavy (non-hydrogen) atoms. The number of rotatable bonds is 9. The minimum Gasteiger partial charge on any atom is -0.458 e. The zero-order valence-corrected chi connectivity index (χ0v) is 26.1. The fraction of sp³-hybridized carbons (Fsp3) is 0.727. The van der Waals surface area contributed by atoms with Gasteiger partial charge in [0.15, 0.2) is 0 Å². The van der Waals surface area contributed by atoms with Crippen LogP contribution < -0.4 is 0 Å². The summed E-state index contributed by atoms with van der Waals surface area (Å²) in [5.74, 6) is -1.14. The van der Waals surface area contributed by atoms with Gasteiger partial charge in [0, 0.05) is 36.9 Å². The highest BCUT2D eigenvalue weighted by atomic mass is 16.6. The van der Waals surface area contributed by atoms with Gasteiger partial charge in [0.1, 0.15) is 18.3 Å². The van der Waals surface area contributed by atoms with Crippen LogP contribution >= 0.6 is 0 Å². The van der Waals surface area contributed by atoms with E-state index in [1.54, 1.807) is 20.1 Å². The first-order valence-electron chi connectivity index (χ1n) is 15.1. The molecule has 0 unspecified atom stereocenters. The van der Waals surface area contributed by atoms with Gasteiger partial charge in [-0.2, -0.15) is 0 Å². The molecule has 8 heteroatoms. The highest BCUT2D eigenvalue weighted by Crippen LogP contribution is 2.34. The second-order valence-electron chi connectivity index (χ2n) is 12.3. The maximum Gasteiger partial charge on any atom is 0.334 e. The van der Waals surface area contributed by atoms with E-state index in [9.17, 15) is 25.2 Å². The van der Waals surface area contributed by atoms with E-state index < -0.39 is 48.7 Å². The van der Waals surface area contributed by atoms with Gasteiger partial charge in [-0.3, -0.25) is 0 Å². The molecule has 2 heterocycles. The van der Waals surface area contributed by atoms with Crippen LogP contribution in [0.4, 0.5) is 0 Å². The molecular weight excluding hydrogens is 524 g/mol. The van der Waals surface area contributed by atoms with Crippen molar-refractivity contribution in [3.05, 3.63) is 47.6 Å². The summed E-state index contributed by atoms with van der Waals surface area (Å²) >= 11 is 0. The van der Waals surface area contributed by atoms with Gasteiger partial charge in [-0.15, -0.1) is 0 Å². The van der Waals surface area contributed by atoms with Crippen molar-refractivity contribution in [3.63, 3.8) is 0 Å². The van der Waals surface area contributed by atoms with Crippen molar-refractivity contribution >= 4 is 5.97 Å². The average Bonchev–Trinajstić information content (AvgIpc) is 3.74. The number of epoxide rings is 1. The highest BCUT2D eigenvalue weighted by molar-refractivity contribution is 5.88. The van der Waals surface area contributed by atoms with Gasteiger partial charge in [0.25, 0.3) is 0 Å². The van der Waals surface area contributed by atoms with E-state index in [-0.39, 0.29) is 29.8 Å². The lowest BCUT2D eigenvalue weighted by Crippen LogP contribution is -2.39. The molecule has 2 rings (SSSR count). The molecule has 2 aliphatic rings. The Morgan fingerprint density at radius 3 is 2.24 bits per heavy atom. The lowest BCUT2D eigenvalue weighted by atomic mass is 9.83. The van der Waals surface area contributed by atoms with Gasteiger partial charge < -0.3 is 34.6 Å². The van der Waals surface area contributed by atoms with Crippen LogP contribution in [0.5, 0.6) is 0 Å². The molecule has 0 amide bonds. The fourth-order valence-electron chi connectivity index (χ4n) is 5.41. The molecule has 0 radical (unpaired) electrons. The molecule has 2 aliphatic heterocycles. The Hall–Kier alpha value is -1.81. The Labute approximate surface area is 246 Å². The summed E-state index contributed by atoms with van der Waals surface area (Å²) in [6.45, 7) is 13.1. The summed E-state index contributed by atoms with van der Waals surface area (Å²) in [4.78, 5) is 13.1. The maximum atomic E-state index is 13.1. The molecule has 8 nitrogen and oxygen atoms in total. The molecule has 0 bridgehead atoms. The van der Waals surface area contributed by atoms with Crippen molar-refractivity contribution in [2.45, 2.75) is 123 Å². The first-order chi connectivity index (χ1) is 19.3. The quantitative estimate of drug-likeness (QED) is 0.236. The van der Waals surface area contributed by atoms with Crippen LogP contribution in [-0.2, 0) is 19.0 Å². The van der Waals surface area contributed by atoms with Gasteiger partial charge in [0.2, 0.25) is 0 Å². The number of fused-ring (bicyclic) bond motifs is 1. The molecule has 0 aromatic rings. The van der Waals surface area contributed by atoms with Crippen molar-refractivity contribution in [2.24, 2.45) is 23.7 Å². The Kier molecular flexibility index (Phi) is 14.4. The monoisotopic (exact) mass is 578 g/mol. The fourth-order valence-corrected chi connectivity index (χ4v) is 5.41. The third-order valence-electron chi connectivity index (χ3n) is 8.84. The van der Waals surface area contributed by atoms with E-state index >= 15 is 0 Å². The molecule has 1 fully saturated rings. The van der Waals surface area contributed by atoms with Gasteiger partial charge >= 0.3 is 5.97 Å². The minimum atomic E-state index is -0.760. The summed E-state index contributed by atoms with van der Waals surface area (Å²) in [5, 5.41) is 42.7. The largest absolute Gasteiger partial charge is 0.458 e. The highest BCUT2D eigenvalue weighted by Gasteiger charge is 2.49. The first-order valence-corrected chi connectivity index (χ1v) is 15.1. The van der Waals surface area contributed by atoms with Gasteiger partial charge in [0.05, 0.1) is 30.5 Å². The predicted octanol–water partition coefficient (Wildman–Crippen LogP) is 4.27. The van der Waals surface area contributed by atoms with Gasteiger partial charge in [-0.05, 0) is 52.0 Å². The Balaban J connectivity index is 2.14. The standard InChI is InChI=1S/C33H54O8/c1-19-17-21(3)29(36)32-31(41-32)27(35)13-11-9-10-12-14-28(40-33(38)22(4)18-19)20(2)15-16-26(34)24(6)30(37)23(5)25(7)39-8/h9-12,17-18,20-21,23-32,34-37H,13-16H2,1-8H3/b11-9-,12-10-,19-17-,22-18-/t20-,21+,23-,24+,25-,26+,27+,28-,29+,30-,31+,32+/m0/s1. The van der Waals surface area contributed by atoms with Crippen LogP contribution in [0.2, 0.25) is 0 Å². The topological polar surface area (TPSA) is 129 Å². The molecule has 12 atom stereocenters. The summed E-state index contributed by atoms with van der Waals surface area (Å²) in [6.07, 6.45) is 8.91. The van der Waals surface area contributed by atoms with Gasteiger partial charge in [-0.1, -0.05) is 63.6 Å². The molecule has 0 saturated carbocycles. The van der Waals surface area contributed by atoms with Crippen molar-refractivity contribution in [1.82, 2.24) is 0 Å². The number of aliphatic hydroxyl groups is 4. The lowest BCUT2D eigenvalue weighted by molar-refractivity contribution is -0.146. The van der Waals surface area contributed by atoms with E-state index in [0.717, 1.165) is 5.57 Å². The third kappa shape index (κ3) is 10.8. The van der Waals surface area contributed by atoms with E-state index in [1.165, 1.54) is 0 Å². The number of methoxy groups -OCH3 is 1. The number of esters is 1. The van der Waals surface area contributed by atoms with Crippen LogP contribution in [0, 0.1) is 23.7 Å². The summed E-state index contributed by atoms with van der Waals surface area (Å²) in [6, 6.07) is 0. The average molecular weight is 579 g/mol. The smallest absolute Gasteiger partial charge is 0.334 e. The molecule has 4 N–H and O–H groups in total. The van der Waals surface area contributed by atoms with Crippen molar-refractivity contribution < 1.29 is 39.4 Å². The summed E-state index contributed by atoms with van der Waals surface area (Å²) in [5.41, 5.74) is 1.28. The molecule has 0 aromatic carbocycles. The number of allylic oxidation sites excluding steroid dienone is 4. The molecule has 0 aromatic heterocycles. The number of cyclic esters (lactones) is 1. The van der Waals surface area contributed by atoms with Crippen LogP contribution in [-0.4, -0.2) is 82.3 Å². The van der Waals surface area contributed by atoms with E-state index in [2.05, 4.69) is 0 Å². The predicted molar refractivity (Wildman–Crippen MR) is 160 cm³/mol. The van der Waals surface area contributed by atoms with E-state index in [4.69, 9.17) is 14.2 Å². The summed E-state index contributed by atoms with van der Waals surface area (Å²) < 4.78 is 16.9. The number of aliphatic hydroxyl groups excluding tert-OH is 4. The van der Waals surface area contributed by atoms with Crippen molar-refractivity contribution in [2.75, 3.05) is 7.11 Å². The molecule has 1 saturated heterocycles. The Morgan fingerprint density at radius 1 is 0.976 bits per heavy atom. The number of hydrogen-bond acceptors (Lipinski definition) is 8. The third-order valence-corrected chi connectivity index (χ3v) is 8.84. The zero-order valence-electron chi connectivity index (χ0n) is 26.1. The number of hydrogen-bond donors (Lipinski definition) is 4.